The fourth-order valence-electron chi connectivity index (χ4n) is 1.77. The van der Waals surface area contributed by atoms with Crippen LogP contribution < -0.4 is 0 Å². The first-order valence-electron chi connectivity index (χ1n) is 6.72. The topological polar surface area (TPSA) is 86.5 Å². The van der Waals surface area contributed by atoms with Gasteiger partial charge in [0.05, 0.1) is 4.92 Å². The van der Waals surface area contributed by atoms with E-state index < -0.39 is 10.9 Å². The van der Waals surface area contributed by atoms with Gasteiger partial charge >= 0.3 is 5.97 Å². The van der Waals surface area contributed by atoms with Crippen molar-refractivity contribution in [1.82, 2.24) is 0 Å². The van der Waals surface area contributed by atoms with E-state index >= 15 is 0 Å². The maximum absolute atomic E-state index is 11.6. The van der Waals surface area contributed by atoms with Crippen LogP contribution in [-0.4, -0.2) is 17.2 Å². The molecule has 0 radical (unpaired) electrons. The zero-order valence-corrected chi connectivity index (χ0v) is 12.0. The smallest absolute Gasteiger partial charge is 0.331 e. The Kier molecular flexibility index (Phi) is 5.35. The summed E-state index contributed by atoms with van der Waals surface area (Å²) < 4.78 is 5.04. The minimum atomic E-state index is -0.525. The third-order valence-corrected chi connectivity index (χ3v) is 3.01. The second kappa shape index (κ2) is 7.65. The number of carbonyl (C=O) groups excluding carboxylic acids is 2. The standard InChI is InChI=1S/C17H13NO5/c19-11-14-3-1-13(2-4-14)7-10-17(20)23-12-15-5-8-16(9-6-15)18(21)22/h1-11H,12H2/b10-7+. The average molecular weight is 311 g/mol. The number of nitro groups is 1. The molecule has 0 aliphatic carbocycles. The van der Waals surface area contributed by atoms with Gasteiger partial charge in [-0.2, -0.15) is 0 Å². The lowest BCUT2D eigenvalue weighted by molar-refractivity contribution is -0.384. The van der Waals surface area contributed by atoms with Gasteiger partial charge in [-0.25, -0.2) is 4.79 Å². The van der Waals surface area contributed by atoms with Crippen LogP contribution in [0.1, 0.15) is 21.5 Å². The number of nitro benzene ring substituents is 1. The summed E-state index contributed by atoms with van der Waals surface area (Å²) in [6.45, 7) is 0.0330. The lowest BCUT2D eigenvalue weighted by Gasteiger charge is -2.02. The summed E-state index contributed by atoms with van der Waals surface area (Å²) in [5.41, 5.74) is 1.97. The SMILES string of the molecule is O=Cc1ccc(/C=C/C(=O)OCc2ccc([N+](=O)[O-])cc2)cc1. The predicted molar refractivity (Wildman–Crippen MR) is 83.8 cm³/mol. The molecule has 0 fully saturated rings. The third-order valence-electron chi connectivity index (χ3n) is 3.01. The van der Waals surface area contributed by atoms with Crippen LogP contribution in [0.5, 0.6) is 0 Å². The van der Waals surface area contributed by atoms with Crippen LogP contribution in [0, 0.1) is 10.1 Å². The lowest BCUT2D eigenvalue weighted by Crippen LogP contribution is -2.00. The molecule has 2 rings (SSSR count). The second-order valence-corrected chi connectivity index (χ2v) is 4.65. The Hall–Kier alpha value is -3.28. The molecule has 0 spiro atoms. The molecule has 0 aromatic heterocycles. The van der Waals surface area contributed by atoms with Crippen LogP contribution in [0.4, 0.5) is 5.69 Å². The molecule has 23 heavy (non-hydrogen) atoms. The molecule has 116 valence electrons. The Labute approximate surface area is 132 Å². The van der Waals surface area contributed by atoms with E-state index in [4.69, 9.17) is 4.74 Å². The van der Waals surface area contributed by atoms with E-state index in [1.807, 2.05) is 0 Å². The fourth-order valence-corrected chi connectivity index (χ4v) is 1.77. The number of carbonyl (C=O) groups is 2. The van der Waals surface area contributed by atoms with Gasteiger partial charge in [-0.15, -0.1) is 0 Å². The van der Waals surface area contributed by atoms with Crippen LogP contribution >= 0.6 is 0 Å². The largest absolute Gasteiger partial charge is 0.458 e. The van der Waals surface area contributed by atoms with Gasteiger partial charge in [0.15, 0.2) is 0 Å². The summed E-state index contributed by atoms with van der Waals surface area (Å²) in [4.78, 5) is 32.2. The molecular weight excluding hydrogens is 298 g/mol. The van der Waals surface area contributed by atoms with Gasteiger partial charge in [-0.3, -0.25) is 14.9 Å². The summed E-state index contributed by atoms with van der Waals surface area (Å²) >= 11 is 0. The number of ether oxygens (including phenoxy) is 1. The Morgan fingerprint density at radius 2 is 1.65 bits per heavy atom. The van der Waals surface area contributed by atoms with E-state index in [0.29, 0.717) is 11.1 Å². The summed E-state index contributed by atoms with van der Waals surface area (Å²) in [6, 6.07) is 12.5. The number of benzene rings is 2. The van der Waals surface area contributed by atoms with Crippen LogP contribution in [0.2, 0.25) is 0 Å². The van der Waals surface area contributed by atoms with E-state index in [1.54, 1.807) is 30.3 Å². The van der Waals surface area contributed by atoms with Gasteiger partial charge in [0, 0.05) is 23.8 Å². The molecule has 0 saturated carbocycles. The number of hydrogen-bond donors (Lipinski definition) is 0. The number of aldehydes is 1. The van der Waals surface area contributed by atoms with E-state index in [1.165, 1.54) is 30.3 Å². The first-order valence-corrected chi connectivity index (χ1v) is 6.72. The van der Waals surface area contributed by atoms with Crippen molar-refractivity contribution in [1.29, 1.82) is 0 Å². The molecule has 0 unspecified atom stereocenters. The minimum absolute atomic E-state index is 0.0151. The maximum atomic E-state index is 11.6. The summed E-state index contributed by atoms with van der Waals surface area (Å²) in [5, 5.41) is 10.5. The highest BCUT2D eigenvalue weighted by Gasteiger charge is 2.05. The minimum Gasteiger partial charge on any atom is -0.458 e. The van der Waals surface area contributed by atoms with E-state index in [2.05, 4.69) is 0 Å². The van der Waals surface area contributed by atoms with E-state index in [-0.39, 0.29) is 12.3 Å². The monoisotopic (exact) mass is 311 g/mol. The summed E-state index contributed by atoms with van der Waals surface area (Å²) in [7, 11) is 0. The van der Waals surface area contributed by atoms with Crippen LogP contribution in [0.25, 0.3) is 6.08 Å². The highest BCUT2D eigenvalue weighted by Crippen LogP contribution is 2.12. The number of rotatable bonds is 6. The quantitative estimate of drug-likeness (QED) is 0.269. The van der Waals surface area contributed by atoms with E-state index in [9.17, 15) is 19.7 Å². The van der Waals surface area contributed by atoms with Crippen LogP contribution in [0.15, 0.2) is 54.6 Å². The molecule has 0 heterocycles. The van der Waals surface area contributed by atoms with Gasteiger partial charge in [0.1, 0.15) is 12.9 Å². The van der Waals surface area contributed by atoms with E-state index in [0.717, 1.165) is 11.8 Å². The molecular formula is C17H13NO5. The first-order chi connectivity index (χ1) is 11.1. The zero-order chi connectivity index (χ0) is 16.7. The van der Waals surface area contributed by atoms with Gasteiger partial charge in [0.25, 0.3) is 5.69 Å². The lowest BCUT2D eigenvalue weighted by atomic mass is 10.1. The summed E-state index contributed by atoms with van der Waals surface area (Å²) in [5.74, 6) is -0.525. The van der Waals surface area contributed by atoms with Crippen molar-refractivity contribution in [2.24, 2.45) is 0 Å². The first kappa shape index (κ1) is 16.1. The average Bonchev–Trinajstić information content (AvgIpc) is 2.59. The normalized spacial score (nSPS) is 10.4. The summed E-state index contributed by atoms with van der Waals surface area (Å²) in [6.07, 6.45) is 3.60. The van der Waals surface area contributed by atoms with Crippen LogP contribution in [0.3, 0.4) is 0 Å². The molecule has 6 nitrogen and oxygen atoms in total. The Morgan fingerprint density at radius 1 is 1.04 bits per heavy atom. The van der Waals surface area contributed by atoms with Gasteiger partial charge in [-0.05, 0) is 29.3 Å². The number of esters is 1. The van der Waals surface area contributed by atoms with Gasteiger partial charge in [0.2, 0.25) is 0 Å². The van der Waals surface area contributed by atoms with Gasteiger partial charge in [-0.1, -0.05) is 24.3 Å². The number of hydrogen-bond acceptors (Lipinski definition) is 5. The van der Waals surface area contributed by atoms with Crippen molar-refractivity contribution in [3.05, 3.63) is 81.4 Å². The Balaban J connectivity index is 1.87. The van der Waals surface area contributed by atoms with Crippen molar-refractivity contribution in [3.63, 3.8) is 0 Å². The molecule has 2 aromatic rings. The number of non-ortho nitro benzene ring substituents is 1. The molecule has 0 saturated heterocycles. The molecule has 2 aromatic carbocycles. The number of nitrogens with zero attached hydrogens (tertiary/aromatic N) is 1. The van der Waals surface area contributed by atoms with Crippen LogP contribution in [-0.2, 0) is 16.1 Å². The zero-order valence-electron chi connectivity index (χ0n) is 12.0. The third kappa shape index (κ3) is 4.89. The molecule has 6 heteroatoms. The molecule has 0 amide bonds. The van der Waals surface area contributed by atoms with Gasteiger partial charge < -0.3 is 4.74 Å². The molecule has 0 aliphatic rings. The van der Waals surface area contributed by atoms with Crippen molar-refractivity contribution in [3.8, 4) is 0 Å². The maximum Gasteiger partial charge on any atom is 0.331 e. The second-order valence-electron chi connectivity index (χ2n) is 4.65. The highest BCUT2D eigenvalue weighted by molar-refractivity contribution is 5.87. The highest BCUT2D eigenvalue weighted by atomic mass is 16.6. The van der Waals surface area contributed by atoms with Crippen molar-refractivity contribution >= 4 is 24.0 Å². The van der Waals surface area contributed by atoms with Crippen molar-refractivity contribution in [2.75, 3.05) is 0 Å². The molecule has 0 N–H and O–H groups in total. The Bertz CT molecular complexity index is 733. The molecule has 0 bridgehead atoms. The Morgan fingerprint density at radius 3 is 2.22 bits per heavy atom. The fraction of sp³-hybridized carbons (Fsp3) is 0.0588. The van der Waals surface area contributed by atoms with Crippen molar-refractivity contribution in [2.45, 2.75) is 6.61 Å². The van der Waals surface area contributed by atoms with Crippen molar-refractivity contribution < 1.29 is 19.2 Å². The molecule has 0 aliphatic heterocycles. The predicted octanol–water partition coefficient (Wildman–Crippen LogP) is 3.16. The molecule has 0 atom stereocenters.